The lowest BCUT2D eigenvalue weighted by Gasteiger charge is -2.27. The van der Waals surface area contributed by atoms with Crippen LogP contribution in [0.5, 0.6) is 0 Å². The molecule has 118 valence electrons. The monoisotopic (exact) mass is 317 g/mol. The molecule has 1 heterocycles. The van der Waals surface area contributed by atoms with Gasteiger partial charge in [-0.1, -0.05) is 13.8 Å². The summed E-state index contributed by atoms with van der Waals surface area (Å²) in [4.78, 5) is 11.0. The fraction of sp³-hybridized carbons (Fsp3) is 0.909. The molecular weight excluding hydrogens is 299 g/mol. The number of hydrogen-bond donors (Lipinski definition) is 1. The maximum Gasteiger partial charge on any atom is 0.406 e. The molecule has 1 fully saturated rings. The largest absolute Gasteiger partial charge is 0.481 e. The van der Waals surface area contributed by atoms with Gasteiger partial charge in [0.25, 0.3) is 0 Å². The van der Waals surface area contributed by atoms with Crippen LogP contribution >= 0.6 is 0 Å². The summed E-state index contributed by atoms with van der Waals surface area (Å²) in [5.41, 5.74) is -2.99. The van der Waals surface area contributed by atoms with Crippen LogP contribution in [0.25, 0.3) is 0 Å². The molecule has 5 nitrogen and oxygen atoms in total. The molecule has 0 aromatic heterocycles. The first kappa shape index (κ1) is 17.2. The van der Waals surface area contributed by atoms with Gasteiger partial charge in [0.2, 0.25) is 10.0 Å². The van der Waals surface area contributed by atoms with Crippen LogP contribution in [0.4, 0.5) is 13.2 Å². The summed E-state index contributed by atoms with van der Waals surface area (Å²) in [6.07, 6.45) is -5.39. The molecule has 1 atom stereocenters. The number of hydrogen-bond acceptors (Lipinski definition) is 3. The Hall–Kier alpha value is -0.830. The highest BCUT2D eigenvalue weighted by atomic mass is 32.2. The first-order chi connectivity index (χ1) is 8.92. The highest BCUT2D eigenvalue weighted by molar-refractivity contribution is 7.89. The highest BCUT2D eigenvalue weighted by Crippen LogP contribution is 2.46. The van der Waals surface area contributed by atoms with Crippen molar-refractivity contribution in [3.63, 3.8) is 0 Å². The molecule has 0 aromatic carbocycles. The van der Waals surface area contributed by atoms with Crippen LogP contribution < -0.4 is 0 Å². The second-order valence-corrected chi connectivity index (χ2v) is 7.56. The average molecular weight is 317 g/mol. The zero-order chi connectivity index (χ0) is 15.8. The summed E-state index contributed by atoms with van der Waals surface area (Å²) in [6, 6.07) is 0. The summed E-state index contributed by atoms with van der Waals surface area (Å²) in [5.74, 6) is -2.19. The number of halogens is 3. The Balaban J connectivity index is 2.92. The molecule has 1 unspecified atom stereocenters. The van der Waals surface area contributed by atoms with Crippen molar-refractivity contribution in [2.24, 2.45) is 11.3 Å². The Bertz CT molecular complexity index is 475. The molecule has 0 amide bonds. The van der Waals surface area contributed by atoms with E-state index in [-0.39, 0.29) is 11.7 Å². The maximum atomic E-state index is 12.9. The molecule has 9 heteroatoms. The standard InChI is InChI=1S/C11H18F3NO4S/c1-8(2)3-6-20(18,19)15-5-4-10(7-15,9(16)17)11(12,13)14/h8H,3-7H2,1-2H3,(H,16,17). The third kappa shape index (κ3) is 3.25. The fourth-order valence-electron chi connectivity index (χ4n) is 2.05. The Morgan fingerprint density at radius 3 is 2.30 bits per heavy atom. The summed E-state index contributed by atoms with van der Waals surface area (Å²) in [5, 5.41) is 8.86. The summed E-state index contributed by atoms with van der Waals surface area (Å²) < 4.78 is 63.4. The van der Waals surface area contributed by atoms with Crippen LogP contribution in [0.15, 0.2) is 0 Å². The van der Waals surface area contributed by atoms with Crippen LogP contribution in [-0.4, -0.2) is 48.8 Å². The van der Waals surface area contributed by atoms with Crippen LogP contribution in [0.1, 0.15) is 26.7 Å². The van der Waals surface area contributed by atoms with Crippen molar-refractivity contribution in [1.82, 2.24) is 4.31 Å². The van der Waals surface area contributed by atoms with Crippen molar-refractivity contribution >= 4 is 16.0 Å². The molecule has 0 aromatic rings. The van der Waals surface area contributed by atoms with Crippen LogP contribution in [0.3, 0.4) is 0 Å². The van der Waals surface area contributed by atoms with Gasteiger partial charge in [-0.3, -0.25) is 4.79 Å². The minimum atomic E-state index is -4.97. The van der Waals surface area contributed by atoms with E-state index in [4.69, 9.17) is 5.11 Å². The Morgan fingerprint density at radius 1 is 1.40 bits per heavy atom. The summed E-state index contributed by atoms with van der Waals surface area (Å²) in [6.45, 7) is 2.16. The van der Waals surface area contributed by atoms with Crippen molar-refractivity contribution in [1.29, 1.82) is 0 Å². The van der Waals surface area contributed by atoms with E-state index in [1.807, 2.05) is 0 Å². The van der Waals surface area contributed by atoms with Crippen molar-refractivity contribution in [2.75, 3.05) is 18.8 Å². The molecule has 0 spiro atoms. The molecule has 1 N–H and O–H groups in total. The predicted molar refractivity (Wildman–Crippen MR) is 65.6 cm³/mol. The third-order valence-corrected chi connectivity index (χ3v) is 5.38. The van der Waals surface area contributed by atoms with Crippen LogP contribution in [-0.2, 0) is 14.8 Å². The van der Waals surface area contributed by atoms with Crippen LogP contribution in [0.2, 0.25) is 0 Å². The number of carboxylic acids is 1. The van der Waals surface area contributed by atoms with Gasteiger partial charge in [-0.2, -0.15) is 13.2 Å². The molecule has 0 aliphatic carbocycles. The molecule has 1 saturated heterocycles. The van der Waals surface area contributed by atoms with Gasteiger partial charge in [0, 0.05) is 13.1 Å². The lowest BCUT2D eigenvalue weighted by molar-refractivity contribution is -0.226. The molecular formula is C11H18F3NO4S. The van der Waals surface area contributed by atoms with Crippen molar-refractivity contribution in [2.45, 2.75) is 32.9 Å². The van der Waals surface area contributed by atoms with Gasteiger partial charge in [-0.25, -0.2) is 12.7 Å². The van der Waals surface area contributed by atoms with Crippen molar-refractivity contribution in [3.05, 3.63) is 0 Å². The van der Waals surface area contributed by atoms with E-state index in [0.717, 1.165) is 0 Å². The molecule has 20 heavy (non-hydrogen) atoms. The van der Waals surface area contributed by atoms with E-state index in [0.29, 0.717) is 10.7 Å². The molecule has 1 aliphatic rings. The number of nitrogens with zero attached hydrogens (tertiary/aromatic N) is 1. The smallest absolute Gasteiger partial charge is 0.406 e. The average Bonchev–Trinajstić information content (AvgIpc) is 2.72. The lowest BCUT2D eigenvalue weighted by atomic mass is 9.86. The van der Waals surface area contributed by atoms with Gasteiger partial charge in [-0.15, -0.1) is 0 Å². The zero-order valence-electron chi connectivity index (χ0n) is 11.3. The third-order valence-electron chi connectivity index (χ3n) is 3.53. The molecule has 1 aliphatic heterocycles. The molecule has 1 rings (SSSR count). The Labute approximate surface area is 115 Å². The quantitative estimate of drug-likeness (QED) is 0.837. The van der Waals surface area contributed by atoms with E-state index in [2.05, 4.69) is 0 Å². The molecule has 0 saturated carbocycles. The molecule has 0 radical (unpaired) electrons. The van der Waals surface area contributed by atoms with Gasteiger partial charge >= 0.3 is 12.1 Å². The zero-order valence-corrected chi connectivity index (χ0v) is 12.1. The number of alkyl halides is 3. The van der Waals surface area contributed by atoms with Crippen LogP contribution in [0, 0.1) is 11.3 Å². The van der Waals surface area contributed by atoms with E-state index < -0.39 is 47.1 Å². The van der Waals surface area contributed by atoms with Gasteiger partial charge in [0.05, 0.1) is 5.75 Å². The number of sulfonamides is 1. The minimum absolute atomic E-state index is 0.0965. The Morgan fingerprint density at radius 2 is 1.95 bits per heavy atom. The highest BCUT2D eigenvalue weighted by Gasteiger charge is 2.64. The van der Waals surface area contributed by atoms with E-state index in [1.54, 1.807) is 13.8 Å². The van der Waals surface area contributed by atoms with Gasteiger partial charge in [-0.05, 0) is 18.8 Å². The van der Waals surface area contributed by atoms with E-state index in [1.165, 1.54) is 0 Å². The molecule has 0 bridgehead atoms. The summed E-state index contributed by atoms with van der Waals surface area (Å²) in [7, 11) is -3.85. The first-order valence-electron chi connectivity index (χ1n) is 6.20. The van der Waals surface area contributed by atoms with E-state index >= 15 is 0 Å². The van der Waals surface area contributed by atoms with Gasteiger partial charge in [0.1, 0.15) is 0 Å². The van der Waals surface area contributed by atoms with Gasteiger partial charge < -0.3 is 5.11 Å². The number of carbonyl (C=O) groups is 1. The van der Waals surface area contributed by atoms with E-state index in [9.17, 15) is 26.4 Å². The second kappa shape index (κ2) is 5.51. The predicted octanol–water partition coefficient (Wildman–Crippen LogP) is 1.70. The SMILES string of the molecule is CC(C)CCS(=O)(=O)N1CCC(C(=O)O)(C(F)(F)F)C1. The number of aliphatic carboxylic acids is 1. The fourth-order valence-corrected chi connectivity index (χ4v) is 3.87. The minimum Gasteiger partial charge on any atom is -0.481 e. The topological polar surface area (TPSA) is 74.7 Å². The summed E-state index contributed by atoms with van der Waals surface area (Å²) >= 11 is 0. The second-order valence-electron chi connectivity index (χ2n) is 5.47. The normalized spacial score (nSPS) is 25.3. The maximum absolute atomic E-state index is 12.9. The first-order valence-corrected chi connectivity index (χ1v) is 7.81. The van der Waals surface area contributed by atoms with Crippen molar-refractivity contribution < 1.29 is 31.5 Å². The number of rotatable bonds is 5. The number of carboxylic acid groups (broad SMARTS) is 1. The Kier molecular flexibility index (Phi) is 4.75. The van der Waals surface area contributed by atoms with Gasteiger partial charge in [0.15, 0.2) is 5.41 Å². The lowest BCUT2D eigenvalue weighted by Crippen LogP contribution is -2.48. The van der Waals surface area contributed by atoms with Crippen molar-refractivity contribution in [3.8, 4) is 0 Å².